The van der Waals surface area contributed by atoms with Crippen LogP contribution in [0.4, 0.5) is 0 Å². The second-order valence-electron chi connectivity index (χ2n) is 5.29. The summed E-state index contributed by atoms with van der Waals surface area (Å²) in [6, 6.07) is 14.8. The number of aliphatic carboxylic acids is 3. The summed E-state index contributed by atoms with van der Waals surface area (Å²) in [4.78, 5) is 27.0. The van der Waals surface area contributed by atoms with Gasteiger partial charge in [0.25, 0.3) is 17.9 Å². The van der Waals surface area contributed by atoms with E-state index in [9.17, 15) is 0 Å². The van der Waals surface area contributed by atoms with Crippen LogP contribution in [0, 0.1) is 0 Å². The fraction of sp³-hybridized carbons (Fsp3) is 0.250. The molecule has 2 rings (SSSR count). The van der Waals surface area contributed by atoms with E-state index >= 15 is 0 Å². The van der Waals surface area contributed by atoms with E-state index in [1.54, 1.807) is 0 Å². The Morgan fingerprint density at radius 1 is 0.821 bits per heavy atom. The van der Waals surface area contributed by atoms with Crippen LogP contribution in [0.2, 0.25) is 5.02 Å². The molecule has 0 aliphatic rings. The van der Waals surface area contributed by atoms with Crippen LogP contribution >= 0.6 is 11.6 Å². The van der Waals surface area contributed by atoms with Crippen LogP contribution in [0.1, 0.15) is 33.3 Å². The second-order valence-corrected chi connectivity index (χ2v) is 7.82. The molecule has 0 aliphatic carbocycles. The summed E-state index contributed by atoms with van der Waals surface area (Å²) in [6.07, 6.45) is 1.12. The fourth-order valence-electron chi connectivity index (χ4n) is 1.71. The second kappa shape index (κ2) is 16.1. The Bertz CT molecular complexity index is 719. The SMILES string of the molecule is CC(=O)O.CC(=O)O.CC(=O)O.CCc1ccc(-c2ccc(Cl)cc2)c[c]1[Pb]. The molecule has 0 heterocycles. The first kappa shape index (κ1) is 28.3. The summed E-state index contributed by atoms with van der Waals surface area (Å²) in [5.74, 6) is -2.50. The molecule has 0 spiro atoms. The van der Waals surface area contributed by atoms with Crippen molar-refractivity contribution in [1.29, 1.82) is 0 Å². The molecule has 151 valence electrons. The molecule has 2 aromatic carbocycles. The van der Waals surface area contributed by atoms with Gasteiger partial charge in [-0.15, -0.1) is 0 Å². The standard InChI is InChI=1S/C14H12Cl.3C2H4O2.Pb/c1-2-11-3-5-12(6-4-11)13-7-9-14(15)10-8-13;3*1-2(3)4;/h3,5-10H,2H2,1H3;3*1H3,(H,3,4);. The quantitative estimate of drug-likeness (QED) is 0.453. The first-order chi connectivity index (χ1) is 12.9. The maximum absolute atomic E-state index is 9.00. The number of carbonyl (C=O) groups is 3. The predicted molar refractivity (Wildman–Crippen MR) is 112 cm³/mol. The Balaban J connectivity index is 0. The van der Waals surface area contributed by atoms with E-state index in [1.165, 1.54) is 19.8 Å². The molecule has 0 fully saturated rings. The molecule has 6 nitrogen and oxygen atoms in total. The van der Waals surface area contributed by atoms with Crippen LogP contribution < -0.4 is 3.12 Å². The van der Waals surface area contributed by atoms with Gasteiger partial charge in [-0.25, -0.2) is 0 Å². The van der Waals surface area contributed by atoms with Crippen molar-refractivity contribution in [3.05, 3.63) is 53.1 Å². The monoisotopic (exact) mass is 603 g/mol. The van der Waals surface area contributed by atoms with Crippen LogP contribution in [0.5, 0.6) is 0 Å². The third-order valence-electron chi connectivity index (χ3n) is 2.67. The van der Waals surface area contributed by atoms with Crippen LogP contribution in [-0.4, -0.2) is 59.0 Å². The summed E-state index contributed by atoms with van der Waals surface area (Å²) >= 11 is 6.99. The molecule has 3 N–H and O–H groups in total. The molecule has 0 atom stereocenters. The Hall–Kier alpha value is -1.94. The minimum atomic E-state index is -0.833. The summed E-state index contributed by atoms with van der Waals surface area (Å²) in [7, 11) is 0. The van der Waals surface area contributed by atoms with E-state index in [1.807, 2.05) is 12.1 Å². The minimum absolute atomic E-state index is 0.792. The molecular formula is C20H24ClO6Pb. The van der Waals surface area contributed by atoms with E-state index in [0.29, 0.717) is 0 Å². The number of carboxylic acids is 3. The van der Waals surface area contributed by atoms with E-state index < -0.39 is 17.9 Å². The van der Waals surface area contributed by atoms with Gasteiger partial charge in [0.15, 0.2) is 0 Å². The van der Waals surface area contributed by atoms with Crippen molar-refractivity contribution in [2.75, 3.05) is 0 Å². The van der Waals surface area contributed by atoms with Gasteiger partial charge >= 0.3 is 118 Å². The molecule has 28 heavy (non-hydrogen) atoms. The van der Waals surface area contributed by atoms with Crippen LogP contribution in [-0.2, 0) is 20.8 Å². The molecule has 8 heteroatoms. The number of benzene rings is 2. The molecule has 0 saturated carbocycles. The normalized spacial score (nSPS) is 8.64. The molecule has 3 radical (unpaired) electrons. The average molecular weight is 603 g/mol. The van der Waals surface area contributed by atoms with E-state index in [2.05, 4.69) is 37.3 Å². The zero-order valence-electron chi connectivity index (χ0n) is 16.2. The molecule has 0 aliphatic heterocycles. The van der Waals surface area contributed by atoms with Crippen molar-refractivity contribution in [3.8, 4) is 11.1 Å². The van der Waals surface area contributed by atoms with Crippen molar-refractivity contribution >= 4 is 58.4 Å². The Morgan fingerprint density at radius 3 is 1.50 bits per heavy atom. The molecule has 0 aromatic heterocycles. The number of carboxylic acid groups (broad SMARTS) is 3. The van der Waals surface area contributed by atoms with Gasteiger partial charge in [0.1, 0.15) is 0 Å². The van der Waals surface area contributed by atoms with Gasteiger partial charge < -0.3 is 15.3 Å². The van der Waals surface area contributed by atoms with Gasteiger partial charge in [0.05, 0.1) is 0 Å². The molecule has 2 aromatic rings. The topological polar surface area (TPSA) is 112 Å². The molecule has 0 saturated heterocycles. The van der Waals surface area contributed by atoms with E-state index in [4.69, 9.17) is 41.3 Å². The Labute approximate surface area is 185 Å². The Kier molecular flexibility index (Phi) is 16.2. The summed E-state index contributed by atoms with van der Waals surface area (Å²) < 4.78 is 1.50. The van der Waals surface area contributed by atoms with Gasteiger partial charge in [-0.2, -0.15) is 0 Å². The molecule has 0 amide bonds. The molecule has 0 unspecified atom stereocenters. The van der Waals surface area contributed by atoms with Crippen LogP contribution in [0.15, 0.2) is 42.5 Å². The number of hydrogen-bond donors (Lipinski definition) is 3. The number of rotatable bonds is 2. The van der Waals surface area contributed by atoms with Crippen molar-refractivity contribution in [3.63, 3.8) is 0 Å². The third kappa shape index (κ3) is 17.5. The predicted octanol–water partition coefficient (Wildman–Crippen LogP) is 3.64. The zero-order chi connectivity index (χ0) is 22.3. The fourth-order valence-corrected chi connectivity index (χ4v) is 3.45. The van der Waals surface area contributed by atoms with Gasteiger partial charge in [-0.05, 0) is 0 Å². The number of halogens is 1. The van der Waals surface area contributed by atoms with Crippen molar-refractivity contribution in [2.24, 2.45) is 0 Å². The maximum atomic E-state index is 9.00. The van der Waals surface area contributed by atoms with Gasteiger partial charge in [-0.3, -0.25) is 14.4 Å². The van der Waals surface area contributed by atoms with Crippen LogP contribution in [0.25, 0.3) is 11.1 Å². The van der Waals surface area contributed by atoms with E-state index in [-0.39, 0.29) is 0 Å². The van der Waals surface area contributed by atoms with Crippen molar-refractivity contribution < 1.29 is 29.7 Å². The first-order valence-corrected chi connectivity index (χ1v) is 10.4. The zero-order valence-corrected chi connectivity index (χ0v) is 20.8. The third-order valence-corrected chi connectivity index (χ3v) is 4.73. The van der Waals surface area contributed by atoms with Gasteiger partial charge in [0.2, 0.25) is 0 Å². The van der Waals surface area contributed by atoms with Crippen molar-refractivity contribution in [1.82, 2.24) is 0 Å². The molecule has 0 bridgehead atoms. The summed E-state index contributed by atoms with van der Waals surface area (Å²) in [5, 5.41) is 23.0. The van der Waals surface area contributed by atoms with Gasteiger partial charge in [-0.1, -0.05) is 0 Å². The van der Waals surface area contributed by atoms with Crippen LogP contribution in [0.3, 0.4) is 0 Å². The summed E-state index contributed by atoms with van der Waals surface area (Å²) in [5.41, 5.74) is 4.01. The van der Waals surface area contributed by atoms with Gasteiger partial charge in [0, 0.05) is 20.8 Å². The molecular weight excluding hydrogens is 579 g/mol. The summed E-state index contributed by atoms with van der Waals surface area (Å²) in [6.45, 7) is 5.46. The number of hydrogen-bond acceptors (Lipinski definition) is 3. The van der Waals surface area contributed by atoms with Crippen molar-refractivity contribution in [2.45, 2.75) is 34.1 Å². The first-order valence-electron chi connectivity index (χ1n) is 8.09. The Morgan fingerprint density at radius 2 is 1.18 bits per heavy atom. The number of aryl methyl sites for hydroxylation is 1. The van der Waals surface area contributed by atoms with E-state index in [0.717, 1.165) is 58.0 Å². The average Bonchev–Trinajstić information content (AvgIpc) is 2.54.